The lowest BCUT2D eigenvalue weighted by molar-refractivity contribution is -0.115. The zero-order valence-electron chi connectivity index (χ0n) is 10.9. The van der Waals surface area contributed by atoms with Crippen molar-refractivity contribution >= 4 is 40.1 Å². The summed E-state index contributed by atoms with van der Waals surface area (Å²) in [6, 6.07) is 8.37. The fourth-order valence-corrected chi connectivity index (χ4v) is 2.24. The lowest BCUT2D eigenvalue weighted by Gasteiger charge is -2.07. The molecule has 0 radical (unpaired) electrons. The Labute approximate surface area is 134 Å². The van der Waals surface area contributed by atoms with Gasteiger partial charge in [-0.05, 0) is 34.7 Å². The van der Waals surface area contributed by atoms with Gasteiger partial charge in [0, 0.05) is 22.0 Å². The van der Waals surface area contributed by atoms with E-state index >= 15 is 0 Å². The molecule has 0 aliphatic rings. The highest BCUT2D eigenvalue weighted by atomic mass is 127. The Morgan fingerprint density at radius 1 is 1.19 bits per heavy atom. The standard InChI is InChI=1S/C14H12IN3O3/c15-10-4-2-1-3-9(10)14(21)17-8-13(20)18-11-7-16-6-5-12(11)19/h1-7H,8H2,(H,16,19)(H,17,21)(H,18,20). The van der Waals surface area contributed by atoms with Gasteiger partial charge in [-0.25, -0.2) is 0 Å². The number of anilines is 1. The highest BCUT2D eigenvalue weighted by Crippen LogP contribution is 2.10. The number of amides is 2. The molecule has 1 aromatic heterocycles. The van der Waals surface area contributed by atoms with Crippen LogP contribution in [0.25, 0.3) is 0 Å². The van der Waals surface area contributed by atoms with Crippen molar-refractivity contribution in [3.05, 3.63) is 62.1 Å². The van der Waals surface area contributed by atoms with Gasteiger partial charge in [-0.1, -0.05) is 12.1 Å². The van der Waals surface area contributed by atoms with Crippen LogP contribution in [0.2, 0.25) is 0 Å². The number of aromatic nitrogens is 1. The lowest BCUT2D eigenvalue weighted by atomic mass is 10.2. The summed E-state index contributed by atoms with van der Waals surface area (Å²) in [6.45, 7) is -0.210. The van der Waals surface area contributed by atoms with Crippen molar-refractivity contribution in [2.45, 2.75) is 0 Å². The van der Waals surface area contributed by atoms with Crippen LogP contribution >= 0.6 is 22.6 Å². The Morgan fingerprint density at radius 2 is 1.95 bits per heavy atom. The van der Waals surface area contributed by atoms with Crippen LogP contribution in [0.1, 0.15) is 10.4 Å². The summed E-state index contributed by atoms with van der Waals surface area (Å²) in [6.07, 6.45) is 2.86. The second kappa shape index (κ2) is 7.02. The van der Waals surface area contributed by atoms with E-state index in [-0.39, 0.29) is 23.6 Å². The van der Waals surface area contributed by atoms with Crippen molar-refractivity contribution in [2.24, 2.45) is 0 Å². The molecule has 0 saturated heterocycles. The molecule has 3 N–H and O–H groups in total. The van der Waals surface area contributed by atoms with Crippen molar-refractivity contribution in [3.8, 4) is 0 Å². The number of benzene rings is 1. The maximum Gasteiger partial charge on any atom is 0.252 e. The molecule has 7 heteroatoms. The van der Waals surface area contributed by atoms with Crippen LogP contribution in [-0.2, 0) is 4.79 Å². The number of pyridine rings is 1. The molecular formula is C14H12IN3O3. The summed E-state index contributed by atoms with van der Waals surface area (Å²) in [7, 11) is 0. The van der Waals surface area contributed by atoms with Gasteiger partial charge < -0.3 is 15.6 Å². The number of carbonyl (C=O) groups excluding carboxylic acids is 2. The Morgan fingerprint density at radius 3 is 2.67 bits per heavy atom. The Bertz CT molecular complexity index is 727. The first kappa shape index (κ1) is 15.2. The molecule has 2 amide bonds. The molecule has 0 aliphatic heterocycles. The number of aromatic amines is 1. The zero-order chi connectivity index (χ0) is 15.2. The van der Waals surface area contributed by atoms with Crippen molar-refractivity contribution in [1.29, 1.82) is 0 Å². The summed E-state index contributed by atoms with van der Waals surface area (Å²) in [5.74, 6) is -0.803. The second-order valence-electron chi connectivity index (χ2n) is 4.13. The molecule has 0 fully saturated rings. The normalized spacial score (nSPS) is 9.95. The largest absolute Gasteiger partial charge is 0.366 e. The first-order chi connectivity index (χ1) is 10.1. The summed E-state index contributed by atoms with van der Waals surface area (Å²) in [5, 5.41) is 4.94. The van der Waals surface area contributed by atoms with Gasteiger partial charge in [-0.15, -0.1) is 0 Å². The van der Waals surface area contributed by atoms with Gasteiger partial charge >= 0.3 is 0 Å². The van der Waals surface area contributed by atoms with Crippen molar-refractivity contribution in [3.63, 3.8) is 0 Å². The van der Waals surface area contributed by atoms with Crippen LogP contribution in [0, 0.1) is 3.57 Å². The van der Waals surface area contributed by atoms with E-state index in [4.69, 9.17) is 0 Å². The smallest absolute Gasteiger partial charge is 0.252 e. The fraction of sp³-hybridized carbons (Fsp3) is 0.0714. The van der Waals surface area contributed by atoms with Gasteiger partial charge in [0.05, 0.1) is 12.1 Å². The number of carbonyl (C=O) groups is 2. The minimum Gasteiger partial charge on any atom is -0.366 e. The van der Waals surface area contributed by atoms with E-state index in [0.29, 0.717) is 5.56 Å². The quantitative estimate of drug-likeness (QED) is 0.681. The second-order valence-corrected chi connectivity index (χ2v) is 5.30. The first-order valence-electron chi connectivity index (χ1n) is 6.07. The molecule has 2 aromatic rings. The number of hydrogen-bond donors (Lipinski definition) is 3. The van der Waals surface area contributed by atoms with E-state index < -0.39 is 5.91 Å². The minimum absolute atomic E-state index is 0.144. The summed E-state index contributed by atoms with van der Waals surface area (Å²) < 4.78 is 0.799. The third kappa shape index (κ3) is 4.15. The molecule has 0 bridgehead atoms. The Hall–Kier alpha value is -2.16. The highest BCUT2D eigenvalue weighted by molar-refractivity contribution is 14.1. The van der Waals surface area contributed by atoms with E-state index in [1.165, 1.54) is 18.5 Å². The zero-order valence-corrected chi connectivity index (χ0v) is 13.0. The predicted molar refractivity (Wildman–Crippen MR) is 87.2 cm³/mol. The topological polar surface area (TPSA) is 91.1 Å². The number of nitrogens with one attached hydrogen (secondary N) is 3. The third-order valence-corrected chi connectivity index (χ3v) is 3.57. The maximum absolute atomic E-state index is 11.9. The summed E-state index contributed by atoms with van der Waals surface area (Å²) in [4.78, 5) is 37.8. The van der Waals surface area contributed by atoms with Crippen molar-refractivity contribution < 1.29 is 9.59 Å². The van der Waals surface area contributed by atoms with Crippen LogP contribution in [0.15, 0.2) is 47.5 Å². The maximum atomic E-state index is 11.9. The van der Waals surface area contributed by atoms with Gasteiger partial charge in [0.15, 0.2) is 0 Å². The first-order valence-corrected chi connectivity index (χ1v) is 7.15. The number of hydrogen-bond acceptors (Lipinski definition) is 3. The third-order valence-electron chi connectivity index (χ3n) is 2.63. The molecule has 0 aliphatic carbocycles. The molecule has 2 rings (SSSR count). The van der Waals surface area contributed by atoms with Gasteiger partial charge in [0.25, 0.3) is 5.91 Å². The van der Waals surface area contributed by atoms with Crippen LogP contribution in [-0.4, -0.2) is 23.3 Å². The predicted octanol–water partition coefficient (Wildman–Crippen LogP) is 1.35. The average molecular weight is 397 g/mol. The number of rotatable bonds is 4. The Balaban J connectivity index is 1.93. The van der Waals surface area contributed by atoms with Crippen LogP contribution in [0.4, 0.5) is 5.69 Å². The summed E-state index contributed by atoms with van der Waals surface area (Å²) in [5.41, 5.74) is 0.348. The molecule has 0 spiro atoms. The average Bonchev–Trinajstić information content (AvgIpc) is 2.48. The van der Waals surface area contributed by atoms with E-state index in [1.807, 2.05) is 28.7 Å². The van der Waals surface area contributed by atoms with Crippen molar-refractivity contribution in [2.75, 3.05) is 11.9 Å². The molecule has 0 saturated carbocycles. The van der Waals surface area contributed by atoms with Crippen LogP contribution < -0.4 is 16.1 Å². The molecular weight excluding hydrogens is 385 g/mol. The number of H-pyrrole nitrogens is 1. The number of halogens is 1. The van der Waals surface area contributed by atoms with Gasteiger partial charge in [0.2, 0.25) is 11.3 Å². The molecule has 0 unspecified atom stereocenters. The van der Waals surface area contributed by atoms with Gasteiger partial charge in [0.1, 0.15) is 5.69 Å². The van der Waals surface area contributed by atoms with E-state index in [9.17, 15) is 14.4 Å². The lowest BCUT2D eigenvalue weighted by Crippen LogP contribution is -2.34. The van der Waals surface area contributed by atoms with Crippen LogP contribution in [0.5, 0.6) is 0 Å². The van der Waals surface area contributed by atoms with E-state index in [0.717, 1.165) is 3.57 Å². The van der Waals surface area contributed by atoms with E-state index in [2.05, 4.69) is 15.6 Å². The van der Waals surface area contributed by atoms with Gasteiger partial charge in [-0.2, -0.15) is 0 Å². The Kier molecular flexibility index (Phi) is 5.09. The molecule has 1 aromatic carbocycles. The highest BCUT2D eigenvalue weighted by Gasteiger charge is 2.11. The molecule has 21 heavy (non-hydrogen) atoms. The van der Waals surface area contributed by atoms with Crippen LogP contribution in [0.3, 0.4) is 0 Å². The summed E-state index contributed by atoms with van der Waals surface area (Å²) >= 11 is 2.05. The monoisotopic (exact) mass is 397 g/mol. The molecule has 6 nitrogen and oxygen atoms in total. The van der Waals surface area contributed by atoms with E-state index in [1.54, 1.807) is 18.2 Å². The molecule has 108 valence electrons. The van der Waals surface area contributed by atoms with Gasteiger partial charge in [-0.3, -0.25) is 14.4 Å². The fourth-order valence-electron chi connectivity index (χ4n) is 1.61. The molecule has 0 atom stereocenters. The minimum atomic E-state index is -0.467. The SMILES string of the molecule is O=C(CNC(=O)c1ccccc1I)Nc1c[nH]ccc1=O. The van der Waals surface area contributed by atoms with Crippen molar-refractivity contribution in [1.82, 2.24) is 10.3 Å². The molecule has 1 heterocycles.